The normalized spacial score (nSPS) is 15.4. The summed E-state index contributed by atoms with van der Waals surface area (Å²) in [5.41, 5.74) is 2.89. The summed E-state index contributed by atoms with van der Waals surface area (Å²) < 4.78 is 10.5. The molecule has 2 unspecified atom stereocenters. The van der Waals surface area contributed by atoms with Crippen molar-refractivity contribution in [2.45, 2.75) is 25.4 Å². The lowest BCUT2D eigenvalue weighted by Crippen LogP contribution is -2.32. The first-order valence-corrected chi connectivity index (χ1v) is 7.69. The topological polar surface area (TPSA) is 60.5 Å². The van der Waals surface area contributed by atoms with Gasteiger partial charge in [-0.2, -0.15) is 0 Å². The Labute approximate surface area is 135 Å². The van der Waals surface area contributed by atoms with E-state index in [9.17, 15) is 4.79 Å². The number of fused-ring (bicyclic) bond motifs is 1. The van der Waals surface area contributed by atoms with Crippen LogP contribution in [0.5, 0.6) is 5.75 Å². The Balaban J connectivity index is 1.85. The maximum Gasteiger partial charge on any atom is 0.327 e. The number of carbonyl (C=O) groups is 1. The molecule has 0 radical (unpaired) electrons. The largest absolute Gasteiger partial charge is 0.493 e. The Morgan fingerprint density at radius 2 is 2.22 bits per heavy atom. The second-order valence-corrected chi connectivity index (χ2v) is 5.56. The third-order valence-corrected chi connectivity index (χ3v) is 4.03. The number of aromatic nitrogens is 1. The first-order chi connectivity index (χ1) is 11.2. The maximum absolute atomic E-state index is 12.2. The van der Waals surface area contributed by atoms with Gasteiger partial charge in [-0.15, -0.1) is 0 Å². The Hall–Kier alpha value is -2.40. The van der Waals surface area contributed by atoms with Crippen molar-refractivity contribution >= 4 is 5.97 Å². The molecule has 1 aromatic heterocycles. The Kier molecular flexibility index (Phi) is 4.57. The minimum absolute atomic E-state index is 0.0789. The van der Waals surface area contributed by atoms with Crippen molar-refractivity contribution in [3.63, 3.8) is 0 Å². The molecule has 23 heavy (non-hydrogen) atoms. The molecule has 2 aromatic rings. The van der Waals surface area contributed by atoms with Gasteiger partial charge in [0.05, 0.1) is 19.4 Å². The summed E-state index contributed by atoms with van der Waals surface area (Å²) >= 11 is 0. The number of rotatable bonds is 5. The van der Waals surface area contributed by atoms with Crippen LogP contribution in [0.25, 0.3) is 0 Å². The molecule has 0 saturated carbocycles. The number of hydrogen-bond donors (Lipinski definition) is 1. The number of methoxy groups -OCH3 is 1. The summed E-state index contributed by atoms with van der Waals surface area (Å²) in [5.74, 6) is 0.585. The number of carbonyl (C=O) groups excluding carboxylic acids is 1. The molecule has 1 aromatic carbocycles. The molecule has 0 spiro atoms. The van der Waals surface area contributed by atoms with Crippen LogP contribution < -0.4 is 10.1 Å². The molecule has 0 saturated heterocycles. The highest BCUT2D eigenvalue weighted by Crippen LogP contribution is 2.29. The van der Waals surface area contributed by atoms with E-state index >= 15 is 0 Å². The zero-order valence-corrected chi connectivity index (χ0v) is 13.3. The second kappa shape index (κ2) is 6.79. The van der Waals surface area contributed by atoms with Crippen molar-refractivity contribution in [1.29, 1.82) is 0 Å². The van der Waals surface area contributed by atoms with E-state index < -0.39 is 6.04 Å². The molecule has 2 atom stereocenters. The highest BCUT2D eigenvalue weighted by atomic mass is 16.5. The fourth-order valence-corrected chi connectivity index (χ4v) is 2.77. The molecule has 5 heteroatoms. The Morgan fingerprint density at radius 1 is 1.35 bits per heavy atom. The van der Waals surface area contributed by atoms with E-state index in [0.717, 1.165) is 29.0 Å². The molecule has 120 valence electrons. The minimum Gasteiger partial charge on any atom is -0.493 e. The lowest BCUT2D eigenvalue weighted by atomic mass is 10.0. The number of pyridine rings is 1. The zero-order valence-electron chi connectivity index (χ0n) is 13.3. The highest BCUT2D eigenvalue weighted by molar-refractivity contribution is 5.77. The summed E-state index contributed by atoms with van der Waals surface area (Å²) in [5, 5.41) is 3.31. The van der Waals surface area contributed by atoms with Gasteiger partial charge in [0, 0.05) is 18.7 Å². The van der Waals surface area contributed by atoms with E-state index in [2.05, 4.69) is 10.3 Å². The Morgan fingerprint density at radius 3 is 2.96 bits per heavy atom. The van der Waals surface area contributed by atoms with Crippen molar-refractivity contribution in [3.8, 4) is 5.75 Å². The summed E-state index contributed by atoms with van der Waals surface area (Å²) in [4.78, 5) is 16.6. The maximum atomic E-state index is 12.2. The second-order valence-electron chi connectivity index (χ2n) is 5.56. The lowest BCUT2D eigenvalue weighted by Gasteiger charge is -2.22. The van der Waals surface area contributed by atoms with E-state index in [1.165, 1.54) is 7.11 Å². The van der Waals surface area contributed by atoms with Crippen LogP contribution in [0.3, 0.4) is 0 Å². The van der Waals surface area contributed by atoms with Gasteiger partial charge in [-0.05, 0) is 42.3 Å². The molecule has 3 rings (SSSR count). The molecule has 0 aliphatic carbocycles. The molecule has 0 bridgehead atoms. The fourth-order valence-electron chi connectivity index (χ4n) is 2.77. The van der Waals surface area contributed by atoms with Gasteiger partial charge in [0.15, 0.2) is 0 Å². The van der Waals surface area contributed by atoms with Gasteiger partial charge in [-0.3, -0.25) is 10.3 Å². The van der Waals surface area contributed by atoms with Gasteiger partial charge in [0.2, 0.25) is 0 Å². The van der Waals surface area contributed by atoms with Gasteiger partial charge in [-0.1, -0.05) is 12.1 Å². The number of nitrogens with one attached hydrogen (secondary N) is 1. The van der Waals surface area contributed by atoms with E-state index in [0.29, 0.717) is 6.61 Å². The summed E-state index contributed by atoms with van der Waals surface area (Å²) in [6.45, 7) is 2.67. The van der Waals surface area contributed by atoms with Gasteiger partial charge in [0.1, 0.15) is 11.8 Å². The minimum atomic E-state index is -0.539. The van der Waals surface area contributed by atoms with Crippen molar-refractivity contribution in [3.05, 3.63) is 59.4 Å². The molecule has 2 heterocycles. The van der Waals surface area contributed by atoms with Crippen LogP contribution in [0.15, 0.2) is 42.6 Å². The first kappa shape index (κ1) is 15.5. The summed E-state index contributed by atoms with van der Waals surface area (Å²) in [6, 6.07) is 11.0. The molecule has 0 amide bonds. The van der Waals surface area contributed by atoms with Gasteiger partial charge >= 0.3 is 5.97 Å². The molecule has 1 aliphatic heterocycles. The number of hydrogen-bond acceptors (Lipinski definition) is 5. The van der Waals surface area contributed by atoms with Gasteiger partial charge < -0.3 is 9.47 Å². The van der Waals surface area contributed by atoms with Crippen LogP contribution >= 0.6 is 0 Å². The van der Waals surface area contributed by atoms with Crippen LogP contribution in [0, 0.1) is 0 Å². The Bertz CT molecular complexity index is 688. The third kappa shape index (κ3) is 3.35. The van der Waals surface area contributed by atoms with Crippen LogP contribution in [0.1, 0.15) is 35.8 Å². The monoisotopic (exact) mass is 312 g/mol. The van der Waals surface area contributed by atoms with Crippen molar-refractivity contribution < 1.29 is 14.3 Å². The van der Waals surface area contributed by atoms with Crippen LogP contribution in [-0.2, 0) is 16.0 Å². The quantitative estimate of drug-likeness (QED) is 0.860. The van der Waals surface area contributed by atoms with Crippen LogP contribution in [0.4, 0.5) is 0 Å². The third-order valence-electron chi connectivity index (χ3n) is 4.03. The number of esters is 1. The van der Waals surface area contributed by atoms with Crippen LogP contribution in [-0.4, -0.2) is 24.7 Å². The van der Waals surface area contributed by atoms with Gasteiger partial charge in [-0.25, -0.2) is 4.79 Å². The van der Waals surface area contributed by atoms with Crippen LogP contribution in [0.2, 0.25) is 0 Å². The zero-order chi connectivity index (χ0) is 16.2. The predicted octanol–water partition coefficient (Wildman–Crippen LogP) is 2.58. The molecular formula is C18H20N2O3. The standard InChI is InChI=1S/C18H20N2O3/c1-12(15-5-3-4-9-19-15)20-17(18(21)22-2)14-6-7-16-13(11-14)8-10-23-16/h3-7,9,11-12,17,20H,8,10H2,1-2H3. The smallest absolute Gasteiger partial charge is 0.327 e. The lowest BCUT2D eigenvalue weighted by molar-refractivity contribution is -0.143. The van der Waals surface area contributed by atoms with E-state index in [1.807, 2.05) is 43.3 Å². The molecule has 5 nitrogen and oxygen atoms in total. The average Bonchev–Trinajstić information content (AvgIpc) is 3.07. The molecule has 1 N–H and O–H groups in total. The average molecular weight is 312 g/mol. The highest BCUT2D eigenvalue weighted by Gasteiger charge is 2.25. The van der Waals surface area contributed by atoms with Crippen molar-refractivity contribution in [2.75, 3.05) is 13.7 Å². The van der Waals surface area contributed by atoms with E-state index in [1.54, 1.807) is 6.20 Å². The van der Waals surface area contributed by atoms with E-state index in [-0.39, 0.29) is 12.0 Å². The number of ether oxygens (including phenoxy) is 2. The van der Waals surface area contributed by atoms with E-state index in [4.69, 9.17) is 9.47 Å². The SMILES string of the molecule is COC(=O)C(NC(C)c1ccccn1)c1ccc2c(c1)CCO2. The van der Waals surface area contributed by atoms with Crippen molar-refractivity contribution in [2.24, 2.45) is 0 Å². The predicted molar refractivity (Wildman–Crippen MR) is 86.2 cm³/mol. The first-order valence-electron chi connectivity index (χ1n) is 7.69. The van der Waals surface area contributed by atoms with Crippen molar-refractivity contribution in [1.82, 2.24) is 10.3 Å². The molecular weight excluding hydrogens is 292 g/mol. The summed E-state index contributed by atoms with van der Waals surface area (Å²) in [6.07, 6.45) is 2.61. The number of benzene rings is 1. The molecule has 0 fully saturated rings. The van der Waals surface area contributed by atoms with Gasteiger partial charge in [0.25, 0.3) is 0 Å². The molecule has 1 aliphatic rings. The number of nitrogens with zero attached hydrogens (tertiary/aromatic N) is 1. The fraction of sp³-hybridized carbons (Fsp3) is 0.333. The summed E-state index contributed by atoms with van der Waals surface area (Å²) in [7, 11) is 1.40.